The number of carbonyl (C=O) groups is 3. The first-order valence-electron chi connectivity index (χ1n) is 9.96. The van der Waals surface area contributed by atoms with Crippen molar-refractivity contribution in [2.75, 3.05) is 19.8 Å². The van der Waals surface area contributed by atoms with Crippen molar-refractivity contribution in [2.45, 2.75) is 20.5 Å². The highest BCUT2D eigenvalue weighted by molar-refractivity contribution is 8.18. The number of imide groups is 1. The fourth-order valence-corrected chi connectivity index (χ4v) is 3.71. The van der Waals surface area contributed by atoms with Crippen molar-refractivity contribution in [1.82, 2.24) is 4.90 Å². The van der Waals surface area contributed by atoms with Crippen LogP contribution in [0, 0.1) is 5.82 Å². The topological polar surface area (TPSA) is 82.1 Å². The van der Waals surface area contributed by atoms with Crippen molar-refractivity contribution in [2.24, 2.45) is 0 Å². The van der Waals surface area contributed by atoms with Gasteiger partial charge in [0, 0.05) is 0 Å². The number of rotatable bonds is 9. The molecule has 3 rings (SSSR count). The van der Waals surface area contributed by atoms with Gasteiger partial charge in [0.1, 0.15) is 19.0 Å². The Labute approximate surface area is 189 Å². The molecule has 1 heterocycles. The number of hydrogen-bond donors (Lipinski definition) is 0. The summed E-state index contributed by atoms with van der Waals surface area (Å²) in [5, 5.41) is -0.529. The average Bonchev–Trinajstić information content (AvgIpc) is 3.02. The number of esters is 1. The van der Waals surface area contributed by atoms with Gasteiger partial charge in [0.15, 0.2) is 11.5 Å². The van der Waals surface area contributed by atoms with Crippen LogP contribution in [0.4, 0.5) is 9.18 Å². The van der Waals surface area contributed by atoms with E-state index in [1.54, 1.807) is 43.3 Å². The SMILES string of the molecule is CCOC(=O)CN1C(=O)S/C(=C\c2ccc(OCc3ccc(F)cc3)c(OCC)c2)C1=O. The Kier molecular flexibility index (Phi) is 7.88. The monoisotopic (exact) mass is 459 g/mol. The summed E-state index contributed by atoms with van der Waals surface area (Å²) in [5.41, 5.74) is 1.43. The third-order valence-electron chi connectivity index (χ3n) is 4.34. The number of hydrogen-bond acceptors (Lipinski definition) is 7. The number of benzene rings is 2. The number of carbonyl (C=O) groups excluding carboxylic acids is 3. The van der Waals surface area contributed by atoms with Gasteiger partial charge in [-0.2, -0.15) is 0 Å². The van der Waals surface area contributed by atoms with Crippen LogP contribution in [-0.2, 0) is 20.9 Å². The molecule has 1 aliphatic heterocycles. The highest BCUT2D eigenvalue weighted by atomic mass is 32.2. The predicted molar refractivity (Wildman–Crippen MR) is 118 cm³/mol. The van der Waals surface area contributed by atoms with Crippen LogP contribution in [0.3, 0.4) is 0 Å². The first-order valence-corrected chi connectivity index (χ1v) is 10.8. The number of thioether (sulfide) groups is 1. The van der Waals surface area contributed by atoms with Gasteiger partial charge in [0.05, 0.1) is 18.1 Å². The Balaban J connectivity index is 1.75. The summed E-state index contributed by atoms with van der Waals surface area (Å²) in [7, 11) is 0. The third-order valence-corrected chi connectivity index (χ3v) is 5.25. The molecule has 2 aromatic rings. The molecule has 2 aromatic carbocycles. The van der Waals surface area contributed by atoms with Gasteiger partial charge in [0.2, 0.25) is 0 Å². The minimum atomic E-state index is -0.641. The second-order valence-electron chi connectivity index (χ2n) is 6.63. The zero-order valence-corrected chi connectivity index (χ0v) is 18.4. The molecule has 32 heavy (non-hydrogen) atoms. The summed E-state index contributed by atoms with van der Waals surface area (Å²) in [6.45, 7) is 3.85. The van der Waals surface area contributed by atoms with Crippen LogP contribution in [0.2, 0.25) is 0 Å². The number of nitrogens with zero attached hydrogens (tertiary/aromatic N) is 1. The van der Waals surface area contributed by atoms with Gasteiger partial charge in [-0.15, -0.1) is 0 Å². The predicted octanol–water partition coefficient (Wildman–Crippen LogP) is 4.40. The molecule has 0 aromatic heterocycles. The summed E-state index contributed by atoms with van der Waals surface area (Å²) in [5.74, 6) is -0.558. The van der Waals surface area contributed by atoms with Crippen LogP contribution >= 0.6 is 11.8 Å². The van der Waals surface area contributed by atoms with Crippen molar-refractivity contribution in [3.8, 4) is 11.5 Å². The van der Waals surface area contributed by atoms with Crippen LogP contribution in [0.5, 0.6) is 11.5 Å². The lowest BCUT2D eigenvalue weighted by molar-refractivity contribution is -0.145. The van der Waals surface area contributed by atoms with E-state index in [0.717, 1.165) is 22.2 Å². The van der Waals surface area contributed by atoms with Crippen LogP contribution in [-0.4, -0.2) is 41.8 Å². The number of halogens is 1. The molecule has 9 heteroatoms. The van der Waals surface area contributed by atoms with Crippen molar-refractivity contribution in [1.29, 1.82) is 0 Å². The van der Waals surface area contributed by atoms with Gasteiger partial charge in [0.25, 0.3) is 11.1 Å². The second kappa shape index (κ2) is 10.8. The fraction of sp³-hybridized carbons (Fsp3) is 0.261. The number of amides is 2. The highest BCUT2D eigenvalue weighted by Gasteiger charge is 2.36. The lowest BCUT2D eigenvalue weighted by Gasteiger charge is -2.13. The molecule has 0 unspecified atom stereocenters. The lowest BCUT2D eigenvalue weighted by atomic mass is 10.1. The third kappa shape index (κ3) is 5.88. The molecule has 168 valence electrons. The standard InChI is InChI=1S/C23H22FNO6S/c1-3-29-19-11-16(7-10-18(19)31-14-15-5-8-17(24)9-6-15)12-20-22(27)25(23(28)32-20)13-21(26)30-4-2/h5-12H,3-4,13-14H2,1-2H3/b20-12-. The first kappa shape index (κ1) is 23.3. The summed E-state index contributed by atoms with van der Waals surface area (Å²) in [6.07, 6.45) is 1.56. The van der Waals surface area contributed by atoms with E-state index in [2.05, 4.69) is 0 Å². The Bertz CT molecular complexity index is 1040. The molecule has 1 aliphatic rings. The molecule has 1 fully saturated rings. The van der Waals surface area contributed by atoms with E-state index in [0.29, 0.717) is 23.7 Å². The molecule has 0 aliphatic carbocycles. The van der Waals surface area contributed by atoms with E-state index in [1.165, 1.54) is 12.1 Å². The molecule has 1 saturated heterocycles. The molecular weight excluding hydrogens is 437 g/mol. The zero-order chi connectivity index (χ0) is 23.1. The van der Waals surface area contributed by atoms with Crippen LogP contribution in [0.25, 0.3) is 6.08 Å². The summed E-state index contributed by atoms with van der Waals surface area (Å²) in [4.78, 5) is 37.4. The quantitative estimate of drug-likeness (QED) is 0.406. The zero-order valence-electron chi connectivity index (χ0n) is 17.6. The van der Waals surface area contributed by atoms with Gasteiger partial charge in [-0.1, -0.05) is 18.2 Å². The minimum Gasteiger partial charge on any atom is -0.490 e. The van der Waals surface area contributed by atoms with Gasteiger partial charge < -0.3 is 14.2 Å². The van der Waals surface area contributed by atoms with Crippen LogP contribution in [0.1, 0.15) is 25.0 Å². The first-order chi connectivity index (χ1) is 15.4. The Morgan fingerprint density at radius 3 is 2.47 bits per heavy atom. The normalized spacial score (nSPS) is 14.7. The maximum absolute atomic E-state index is 13.1. The van der Waals surface area contributed by atoms with Crippen LogP contribution in [0.15, 0.2) is 47.4 Å². The number of ether oxygens (including phenoxy) is 3. The van der Waals surface area contributed by atoms with Crippen molar-refractivity contribution >= 4 is 35.0 Å². The molecule has 0 bridgehead atoms. The highest BCUT2D eigenvalue weighted by Crippen LogP contribution is 2.35. The summed E-state index contributed by atoms with van der Waals surface area (Å²) in [6, 6.07) is 11.1. The maximum atomic E-state index is 13.1. The molecule has 7 nitrogen and oxygen atoms in total. The van der Waals surface area contributed by atoms with Crippen molar-refractivity contribution in [3.63, 3.8) is 0 Å². The van der Waals surface area contributed by atoms with Crippen molar-refractivity contribution < 1.29 is 33.0 Å². The van der Waals surface area contributed by atoms with E-state index in [4.69, 9.17) is 14.2 Å². The van der Waals surface area contributed by atoms with E-state index >= 15 is 0 Å². The largest absolute Gasteiger partial charge is 0.490 e. The smallest absolute Gasteiger partial charge is 0.326 e. The van der Waals surface area contributed by atoms with Crippen molar-refractivity contribution in [3.05, 3.63) is 64.3 Å². The minimum absolute atomic E-state index is 0.167. The molecular formula is C23H22FNO6S. The average molecular weight is 459 g/mol. The van der Waals surface area contributed by atoms with E-state index < -0.39 is 23.7 Å². The Morgan fingerprint density at radius 2 is 1.78 bits per heavy atom. The fourth-order valence-electron chi connectivity index (χ4n) is 2.87. The lowest BCUT2D eigenvalue weighted by Crippen LogP contribution is -2.34. The molecule has 2 amide bonds. The van der Waals surface area contributed by atoms with Gasteiger partial charge in [-0.05, 0) is 67.1 Å². The molecule has 0 spiro atoms. The van der Waals surface area contributed by atoms with Gasteiger partial charge in [-0.3, -0.25) is 19.3 Å². The Morgan fingerprint density at radius 1 is 1.03 bits per heavy atom. The maximum Gasteiger partial charge on any atom is 0.326 e. The van der Waals surface area contributed by atoms with Crippen LogP contribution < -0.4 is 9.47 Å². The van der Waals surface area contributed by atoms with Gasteiger partial charge in [-0.25, -0.2) is 4.39 Å². The van der Waals surface area contributed by atoms with E-state index in [9.17, 15) is 18.8 Å². The van der Waals surface area contributed by atoms with E-state index in [-0.39, 0.29) is 23.9 Å². The van der Waals surface area contributed by atoms with E-state index in [1.807, 2.05) is 6.92 Å². The molecule has 0 radical (unpaired) electrons. The second-order valence-corrected chi connectivity index (χ2v) is 7.62. The Hall–Kier alpha value is -3.33. The molecule has 0 N–H and O–H groups in total. The molecule has 0 atom stereocenters. The summed E-state index contributed by atoms with van der Waals surface area (Å²) < 4.78 is 29.3. The summed E-state index contributed by atoms with van der Waals surface area (Å²) >= 11 is 0.757. The molecule has 0 saturated carbocycles. The van der Waals surface area contributed by atoms with Gasteiger partial charge >= 0.3 is 5.97 Å².